The molecule has 5 heteroatoms. The zero-order valence-electron chi connectivity index (χ0n) is 13.2. The van der Waals surface area contributed by atoms with Crippen LogP contribution in [0, 0.1) is 11.8 Å². The molecule has 0 rings (SSSR count). The van der Waals surface area contributed by atoms with Crippen molar-refractivity contribution < 1.29 is 9.47 Å². The van der Waals surface area contributed by atoms with Gasteiger partial charge in [-0.05, 0) is 18.4 Å². The van der Waals surface area contributed by atoms with E-state index in [2.05, 4.69) is 29.6 Å². The fourth-order valence-corrected chi connectivity index (χ4v) is 1.91. The molecule has 0 aromatic heterocycles. The molecule has 0 amide bonds. The molecule has 0 aliphatic heterocycles. The highest BCUT2D eigenvalue weighted by atomic mass is 16.5. The molecule has 3 atom stereocenters. The van der Waals surface area contributed by atoms with Gasteiger partial charge in [-0.15, -0.1) is 6.58 Å². The Balaban J connectivity index is 4.89. The summed E-state index contributed by atoms with van der Waals surface area (Å²) in [5, 5.41) is 3.56. The summed E-state index contributed by atoms with van der Waals surface area (Å²) in [6.45, 7) is 12.8. The van der Waals surface area contributed by atoms with Gasteiger partial charge >= 0.3 is 0 Å². The number of rotatable bonds is 10. The molecule has 1 radical (unpaired) electrons. The normalized spacial score (nSPS) is 16.4. The molecule has 0 aliphatic rings. The Morgan fingerprint density at radius 2 is 2.05 bits per heavy atom. The number of hydrogen-bond acceptors (Lipinski definition) is 3. The topological polar surface area (TPSA) is 67.2 Å². The van der Waals surface area contributed by atoms with Crippen LogP contribution in [0.2, 0.25) is 0 Å². The van der Waals surface area contributed by atoms with Crippen molar-refractivity contribution in [1.82, 2.24) is 0 Å². The van der Waals surface area contributed by atoms with Crippen molar-refractivity contribution in [3.8, 4) is 0 Å². The Hall–Kier alpha value is -1.29. The van der Waals surface area contributed by atoms with E-state index >= 15 is 0 Å². The summed E-state index contributed by atoms with van der Waals surface area (Å²) in [6, 6.07) is 0. The largest absolute Gasteiger partial charge is 0.375 e. The van der Waals surface area contributed by atoms with Crippen LogP contribution in [0.15, 0.2) is 29.4 Å². The highest BCUT2D eigenvalue weighted by molar-refractivity contribution is 5.06. The molecule has 0 aromatic rings. The first-order valence-electron chi connectivity index (χ1n) is 6.70. The van der Waals surface area contributed by atoms with Gasteiger partial charge in [-0.25, -0.2) is 0 Å². The van der Waals surface area contributed by atoms with Crippen molar-refractivity contribution in [3.63, 3.8) is 0 Å². The first kappa shape index (κ1) is 18.7. The summed E-state index contributed by atoms with van der Waals surface area (Å²) in [5.41, 5.74) is 9.35. The zero-order valence-corrected chi connectivity index (χ0v) is 13.2. The molecule has 0 N–H and O–H groups in total. The summed E-state index contributed by atoms with van der Waals surface area (Å²) < 4.78 is 11.3. The van der Waals surface area contributed by atoms with E-state index in [1.807, 2.05) is 20.8 Å². The summed E-state index contributed by atoms with van der Waals surface area (Å²) >= 11 is 0. The minimum absolute atomic E-state index is 0.117. The summed E-state index contributed by atoms with van der Waals surface area (Å²) in [5.74, 6) is 1.34. The molecule has 0 aromatic carbocycles. The highest BCUT2D eigenvalue weighted by Gasteiger charge is 2.24. The Morgan fingerprint density at radius 1 is 1.40 bits per heavy atom. The van der Waals surface area contributed by atoms with Crippen molar-refractivity contribution in [2.45, 2.75) is 39.9 Å². The van der Waals surface area contributed by atoms with Crippen LogP contribution in [0.25, 0.3) is 10.4 Å². The lowest BCUT2D eigenvalue weighted by Crippen LogP contribution is -2.35. The van der Waals surface area contributed by atoms with Crippen LogP contribution in [0.3, 0.4) is 0 Å². The van der Waals surface area contributed by atoms with E-state index in [-0.39, 0.29) is 18.1 Å². The third-order valence-electron chi connectivity index (χ3n) is 2.84. The van der Waals surface area contributed by atoms with Gasteiger partial charge in [0.15, 0.2) is 0 Å². The number of hydrogen-bond donors (Lipinski definition) is 0. The average Bonchev–Trinajstić information content (AvgIpc) is 2.40. The van der Waals surface area contributed by atoms with Crippen LogP contribution in [0.5, 0.6) is 0 Å². The molecule has 0 bridgehead atoms. The van der Waals surface area contributed by atoms with Crippen molar-refractivity contribution in [3.05, 3.63) is 40.7 Å². The van der Waals surface area contributed by atoms with Gasteiger partial charge in [0.05, 0.1) is 12.7 Å². The SMILES string of the molecule is C=C[C@H](OC)[C@@H](OC[C](C)C)[C@H](C)/C=C(/C)CN=[N+]=[N-]. The Kier molecular flexibility index (Phi) is 9.82. The second-order valence-corrected chi connectivity index (χ2v) is 5.18. The Bertz CT molecular complexity index is 360. The maximum absolute atomic E-state index is 8.34. The van der Waals surface area contributed by atoms with E-state index in [1.54, 1.807) is 13.2 Å². The van der Waals surface area contributed by atoms with Gasteiger partial charge in [0.2, 0.25) is 0 Å². The second kappa shape index (κ2) is 10.5. The third kappa shape index (κ3) is 7.34. The molecule has 0 fully saturated rings. The van der Waals surface area contributed by atoms with E-state index in [9.17, 15) is 0 Å². The fraction of sp³-hybridized carbons (Fsp3) is 0.667. The molecule has 0 saturated heterocycles. The van der Waals surface area contributed by atoms with Gasteiger partial charge in [0, 0.05) is 24.5 Å². The minimum Gasteiger partial charge on any atom is -0.375 e. The second-order valence-electron chi connectivity index (χ2n) is 5.18. The van der Waals surface area contributed by atoms with Crippen LogP contribution < -0.4 is 0 Å². The average molecular weight is 280 g/mol. The summed E-state index contributed by atoms with van der Waals surface area (Å²) in [4.78, 5) is 2.76. The molecule has 5 nitrogen and oxygen atoms in total. The zero-order chi connectivity index (χ0) is 15.5. The smallest absolute Gasteiger partial charge is 0.102 e. The van der Waals surface area contributed by atoms with Crippen molar-refractivity contribution in [1.29, 1.82) is 0 Å². The van der Waals surface area contributed by atoms with E-state index < -0.39 is 0 Å². The highest BCUT2D eigenvalue weighted by Crippen LogP contribution is 2.19. The number of methoxy groups -OCH3 is 1. The molecular weight excluding hydrogens is 254 g/mol. The lowest BCUT2D eigenvalue weighted by atomic mass is 9.96. The van der Waals surface area contributed by atoms with Crippen molar-refractivity contribution >= 4 is 0 Å². The van der Waals surface area contributed by atoms with Gasteiger partial charge in [-0.3, -0.25) is 0 Å². The quantitative estimate of drug-likeness (QED) is 0.262. The molecule has 20 heavy (non-hydrogen) atoms. The van der Waals surface area contributed by atoms with Gasteiger partial charge in [0.25, 0.3) is 0 Å². The van der Waals surface area contributed by atoms with Gasteiger partial charge in [-0.1, -0.05) is 43.6 Å². The lowest BCUT2D eigenvalue weighted by Gasteiger charge is -2.28. The molecule has 0 aliphatic carbocycles. The first-order chi connectivity index (χ1) is 9.46. The van der Waals surface area contributed by atoms with Crippen molar-refractivity contribution in [2.24, 2.45) is 11.0 Å². The molecular formula is C15H26N3O2. The van der Waals surface area contributed by atoms with Gasteiger partial charge < -0.3 is 9.47 Å². The first-order valence-corrected chi connectivity index (χ1v) is 6.70. The van der Waals surface area contributed by atoms with Crippen LogP contribution in [0.4, 0.5) is 0 Å². The molecule has 0 saturated carbocycles. The predicted molar refractivity (Wildman–Crippen MR) is 82.3 cm³/mol. The minimum atomic E-state index is -0.173. The van der Waals surface area contributed by atoms with Crippen molar-refractivity contribution in [2.75, 3.05) is 20.3 Å². The van der Waals surface area contributed by atoms with E-state index in [0.717, 1.165) is 5.57 Å². The van der Waals surface area contributed by atoms with E-state index in [4.69, 9.17) is 15.0 Å². The lowest BCUT2D eigenvalue weighted by molar-refractivity contribution is -0.0486. The van der Waals surface area contributed by atoms with Crippen LogP contribution >= 0.6 is 0 Å². The molecule has 0 heterocycles. The monoisotopic (exact) mass is 280 g/mol. The maximum Gasteiger partial charge on any atom is 0.102 e. The summed E-state index contributed by atoms with van der Waals surface area (Å²) in [7, 11) is 1.65. The third-order valence-corrected chi connectivity index (χ3v) is 2.84. The molecule has 0 spiro atoms. The predicted octanol–water partition coefficient (Wildman–Crippen LogP) is 4.08. The molecule has 113 valence electrons. The van der Waals surface area contributed by atoms with E-state index in [1.165, 1.54) is 5.92 Å². The Morgan fingerprint density at radius 3 is 2.50 bits per heavy atom. The maximum atomic E-state index is 8.34. The number of nitrogens with zero attached hydrogens (tertiary/aromatic N) is 3. The summed E-state index contributed by atoms with van der Waals surface area (Å²) in [6.07, 6.45) is 3.52. The Labute approximate surface area is 122 Å². The fourth-order valence-electron chi connectivity index (χ4n) is 1.91. The standard InChI is InChI=1S/C15H26N3O2/c1-7-14(19-6)15(20-10-11(2)3)13(5)8-12(4)9-17-18-16/h7-8,13-15H,1,9-10H2,2-6H3/b12-8-/t13-,14+,15+/m1/s1. The number of ether oxygens (including phenoxy) is 2. The van der Waals surface area contributed by atoms with Crippen LogP contribution in [-0.4, -0.2) is 32.5 Å². The van der Waals surface area contributed by atoms with E-state index in [0.29, 0.717) is 13.2 Å². The molecule has 0 unspecified atom stereocenters. The van der Waals surface area contributed by atoms with Gasteiger partial charge in [0.1, 0.15) is 6.10 Å². The van der Waals surface area contributed by atoms with Crippen LogP contribution in [0.1, 0.15) is 27.7 Å². The van der Waals surface area contributed by atoms with Gasteiger partial charge in [-0.2, -0.15) is 0 Å². The van der Waals surface area contributed by atoms with Crippen LogP contribution in [-0.2, 0) is 9.47 Å². The number of azide groups is 1.